The normalized spacial score (nSPS) is 19.2. The molecule has 32 heavy (non-hydrogen) atoms. The summed E-state index contributed by atoms with van der Waals surface area (Å²) in [6.07, 6.45) is 3.73. The van der Waals surface area contributed by atoms with Crippen LogP contribution >= 0.6 is 0 Å². The van der Waals surface area contributed by atoms with Gasteiger partial charge in [0.15, 0.2) is 12.2 Å². The van der Waals surface area contributed by atoms with Crippen molar-refractivity contribution in [3.63, 3.8) is 0 Å². The van der Waals surface area contributed by atoms with Crippen LogP contribution in [0.3, 0.4) is 0 Å². The van der Waals surface area contributed by atoms with Gasteiger partial charge in [0.2, 0.25) is 0 Å². The molecule has 0 spiro atoms. The van der Waals surface area contributed by atoms with E-state index in [0.717, 1.165) is 35.3 Å². The lowest BCUT2D eigenvalue weighted by atomic mass is 10.1. The number of fused-ring (bicyclic) bond motifs is 2. The predicted molar refractivity (Wildman–Crippen MR) is 125 cm³/mol. The number of para-hydroxylation sites is 2. The summed E-state index contributed by atoms with van der Waals surface area (Å²) >= 11 is 0. The van der Waals surface area contributed by atoms with Crippen molar-refractivity contribution in [2.24, 2.45) is 0 Å². The number of nitrogens with zero attached hydrogens (tertiary/aromatic N) is 2. The quantitative estimate of drug-likeness (QED) is 0.391. The Morgan fingerprint density at radius 1 is 0.719 bits per heavy atom. The van der Waals surface area contributed by atoms with Gasteiger partial charge in [-0.05, 0) is 25.0 Å². The van der Waals surface area contributed by atoms with Gasteiger partial charge in [-0.2, -0.15) is 0 Å². The lowest BCUT2D eigenvalue weighted by Crippen LogP contribution is -2.30. The maximum absolute atomic E-state index is 12.8. The smallest absolute Gasteiger partial charge is 0.261 e. The van der Waals surface area contributed by atoms with Crippen LogP contribution in [-0.4, -0.2) is 38.1 Å². The molecule has 0 aromatic heterocycles. The zero-order valence-electron chi connectivity index (χ0n) is 18.1. The molecule has 0 fully saturated rings. The summed E-state index contributed by atoms with van der Waals surface area (Å²) in [5, 5.41) is 0. The van der Waals surface area contributed by atoms with Crippen LogP contribution in [0, 0.1) is 0 Å². The molecule has 2 aliphatic rings. The number of hydrogen-bond donors (Lipinski definition) is 0. The minimum absolute atomic E-state index is 0.0576. The summed E-state index contributed by atoms with van der Waals surface area (Å²) in [5.74, 6) is -0.115. The Labute approximate surface area is 188 Å². The molecule has 0 saturated carbocycles. The highest BCUT2D eigenvalue weighted by Crippen LogP contribution is 2.39. The van der Waals surface area contributed by atoms with E-state index in [-0.39, 0.29) is 11.8 Å². The van der Waals surface area contributed by atoms with Gasteiger partial charge in [0, 0.05) is 37.4 Å². The average Bonchev–Trinajstić information content (AvgIpc) is 3.23. The lowest BCUT2D eigenvalue weighted by Gasteiger charge is -2.16. The van der Waals surface area contributed by atoms with E-state index >= 15 is 0 Å². The van der Waals surface area contributed by atoms with Gasteiger partial charge in [-0.15, -0.1) is 13.2 Å². The van der Waals surface area contributed by atoms with Crippen LogP contribution in [0.4, 0.5) is 11.4 Å². The summed E-state index contributed by atoms with van der Waals surface area (Å²) in [6, 6.07) is 15.4. The molecule has 6 heteroatoms. The molecule has 0 N–H and O–H groups in total. The highest BCUT2D eigenvalue weighted by atomic mass is 16.5. The van der Waals surface area contributed by atoms with Crippen LogP contribution in [0.1, 0.15) is 36.2 Å². The molecule has 2 aromatic rings. The summed E-state index contributed by atoms with van der Waals surface area (Å²) in [6.45, 7) is 9.28. The molecule has 2 unspecified atom stereocenters. The van der Waals surface area contributed by atoms with Gasteiger partial charge in [-0.1, -0.05) is 48.6 Å². The topological polar surface area (TPSA) is 59.1 Å². The number of anilines is 2. The largest absolute Gasteiger partial charge is 0.364 e. The Balaban J connectivity index is 1.27. The highest BCUT2D eigenvalue weighted by Gasteiger charge is 2.38. The standard InChI is InChI=1S/C26H28N2O4/c1-3-15-27-21-13-7-5-11-19(21)23(25(27)29)31-17-9-10-18-32-24-20-12-6-8-14-22(20)28(16-4-2)26(24)30/h3-8,11-14,23-24H,1-2,9-10,15-18H2. The van der Waals surface area contributed by atoms with E-state index in [9.17, 15) is 9.59 Å². The molecule has 0 saturated heterocycles. The van der Waals surface area contributed by atoms with Crippen LogP contribution in [0.15, 0.2) is 73.8 Å². The fraction of sp³-hybridized carbons (Fsp3) is 0.308. The Kier molecular flexibility index (Phi) is 6.83. The average molecular weight is 433 g/mol. The second-order valence-electron chi connectivity index (χ2n) is 7.80. The number of carbonyl (C=O) groups excluding carboxylic acids is 2. The minimum atomic E-state index is -0.581. The maximum atomic E-state index is 12.8. The minimum Gasteiger partial charge on any atom is -0.364 e. The van der Waals surface area contributed by atoms with Crippen LogP contribution < -0.4 is 9.80 Å². The van der Waals surface area contributed by atoms with E-state index in [2.05, 4.69) is 13.2 Å². The number of hydrogen-bond acceptors (Lipinski definition) is 4. The van der Waals surface area contributed by atoms with Gasteiger partial charge in [-0.3, -0.25) is 9.59 Å². The van der Waals surface area contributed by atoms with E-state index < -0.39 is 12.2 Å². The molecular formula is C26H28N2O4. The third-order valence-electron chi connectivity index (χ3n) is 5.73. The summed E-state index contributed by atoms with van der Waals surface area (Å²) < 4.78 is 11.9. The van der Waals surface area contributed by atoms with Crippen LogP contribution in [-0.2, 0) is 19.1 Å². The molecule has 2 aliphatic heterocycles. The van der Waals surface area contributed by atoms with E-state index in [1.807, 2.05) is 48.5 Å². The molecule has 2 heterocycles. The fourth-order valence-electron chi connectivity index (χ4n) is 4.26. The number of ether oxygens (including phenoxy) is 2. The molecule has 4 rings (SSSR count). The Morgan fingerprint density at radius 2 is 1.12 bits per heavy atom. The van der Waals surface area contributed by atoms with Crippen LogP contribution in [0.2, 0.25) is 0 Å². The number of unbranched alkanes of at least 4 members (excludes halogenated alkanes) is 1. The zero-order valence-corrected chi connectivity index (χ0v) is 18.1. The second-order valence-corrected chi connectivity index (χ2v) is 7.80. The van der Waals surface area contributed by atoms with Gasteiger partial charge in [0.1, 0.15) is 0 Å². The van der Waals surface area contributed by atoms with E-state index in [0.29, 0.717) is 26.3 Å². The Bertz CT molecular complexity index is 937. The monoisotopic (exact) mass is 432 g/mol. The van der Waals surface area contributed by atoms with Gasteiger partial charge < -0.3 is 19.3 Å². The third kappa shape index (κ3) is 4.11. The van der Waals surface area contributed by atoms with E-state index in [1.165, 1.54) is 0 Å². The van der Waals surface area contributed by atoms with Gasteiger partial charge in [0.25, 0.3) is 11.8 Å². The van der Waals surface area contributed by atoms with Crippen molar-refractivity contribution >= 4 is 23.2 Å². The summed E-state index contributed by atoms with van der Waals surface area (Å²) in [5.41, 5.74) is 3.55. The summed E-state index contributed by atoms with van der Waals surface area (Å²) in [7, 11) is 0. The first-order chi connectivity index (χ1) is 15.7. The van der Waals surface area contributed by atoms with Crippen molar-refractivity contribution in [2.45, 2.75) is 25.0 Å². The molecule has 0 aliphatic carbocycles. The SMILES string of the molecule is C=CCN1C(=O)C(OCCCCOC2C(=O)N(CC=C)c3ccccc32)c2ccccc21. The van der Waals surface area contributed by atoms with Crippen molar-refractivity contribution < 1.29 is 19.1 Å². The first-order valence-corrected chi connectivity index (χ1v) is 10.9. The van der Waals surface area contributed by atoms with Gasteiger partial charge in [0.05, 0.1) is 11.4 Å². The number of amides is 2. The highest BCUT2D eigenvalue weighted by molar-refractivity contribution is 6.04. The molecule has 6 nitrogen and oxygen atoms in total. The van der Waals surface area contributed by atoms with Crippen LogP contribution in [0.25, 0.3) is 0 Å². The molecule has 2 atom stereocenters. The zero-order chi connectivity index (χ0) is 22.5. The van der Waals surface area contributed by atoms with Crippen molar-refractivity contribution in [1.29, 1.82) is 0 Å². The maximum Gasteiger partial charge on any atom is 0.261 e. The Hall–Kier alpha value is -3.22. The third-order valence-corrected chi connectivity index (χ3v) is 5.73. The number of rotatable bonds is 11. The molecule has 0 radical (unpaired) electrons. The van der Waals surface area contributed by atoms with E-state index in [1.54, 1.807) is 22.0 Å². The van der Waals surface area contributed by atoms with Crippen molar-refractivity contribution in [3.8, 4) is 0 Å². The molecule has 166 valence electrons. The predicted octanol–water partition coefficient (Wildman–Crippen LogP) is 4.35. The summed E-state index contributed by atoms with van der Waals surface area (Å²) in [4.78, 5) is 28.9. The molecule has 0 bridgehead atoms. The van der Waals surface area contributed by atoms with Crippen molar-refractivity contribution in [2.75, 3.05) is 36.1 Å². The molecular weight excluding hydrogens is 404 g/mol. The van der Waals surface area contributed by atoms with Crippen molar-refractivity contribution in [3.05, 3.63) is 85.0 Å². The number of benzene rings is 2. The fourth-order valence-corrected chi connectivity index (χ4v) is 4.26. The van der Waals surface area contributed by atoms with E-state index in [4.69, 9.17) is 9.47 Å². The number of carbonyl (C=O) groups is 2. The first-order valence-electron chi connectivity index (χ1n) is 10.9. The Morgan fingerprint density at radius 3 is 1.53 bits per heavy atom. The first kappa shape index (κ1) is 22.0. The van der Waals surface area contributed by atoms with Crippen LogP contribution in [0.5, 0.6) is 0 Å². The van der Waals surface area contributed by atoms with Gasteiger partial charge in [-0.25, -0.2) is 0 Å². The van der Waals surface area contributed by atoms with Gasteiger partial charge >= 0.3 is 0 Å². The second kappa shape index (κ2) is 9.94. The molecule has 2 aromatic carbocycles. The molecule has 2 amide bonds. The lowest BCUT2D eigenvalue weighted by molar-refractivity contribution is -0.130. The van der Waals surface area contributed by atoms with Crippen molar-refractivity contribution in [1.82, 2.24) is 0 Å².